The fraction of sp³-hybridized carbons (Fsp3) is 0.294. The minimum Gasteiger partial charge on any atom is -0.347 e. The number of nitrogens with one attached hydrogen (secondary N) is 2. The maximum absolute atomic E-state index is 12.9. The highest BCUT2D eigenvalue weighted by molar-refractivity contribution is 6.04. The SMILES string of the molecule is O=C(NCc1ccc(F)cc1)c1nccnc1C(=O)N1CCNCC1. The zero-order valence-electron chi connectivity index (χ0n) is 13.5. The van der Waals surface area contributed by atoms with Gasteiger partial charge in [0.15, 0.2) is 11.4 Å². The van der Waals surface area contributed by atoms with Crippen molar-refractivity contribution >= 4 is 11.8 Å². The fourth-order valence-corrected chi connectivity index (χ4v) is 2.55. The van der Waals surface area contributed by atoms with E-state index in [9.17, 15) is 14.0 Å². The topological polar surface area (TPSA) is 87.2 Å². The van der Waals surface area contributed by atoms with Gasteiger partial charge in [0.25, 0.3) is 11.8 Å². The van der Waals surface area contributed by atoms with Crippen molar-refractivity contribution in [3.05, 3.63) is 59.4 Å². The Labute approximate surface area is 144 Å². The lowest BCUT2D eigenvalue weighted by atomic mass is 10.2. The lowest BCUT2D eigenvalue weighted by Gasteiger charge is -2.27. The molecule has 8 heteroatoms. The minimum atomic E-state index is -0.490. The Morgan fingerprint density at radius 1 is 1.08 bits per heavy atom. The van der Waals surface area contributed by atoms with Gasteiger partial charge in [-0.15, -0.1) is 0 Å². The molecule has 1 aliphatic rings. The Kier molecular flexibility index (Phi) is 5.30. The van der Waals surface area contributed by atoms with Crippen LogP contribution in [0.2, 0.25) is 0 Å². The van der Waals surface area contributed by atoms with Gasteiger partial charge in [0.05, 0.1) is 0 Å². The van der Waals surface area contributed by atoms with E-state index in [2.05, 4.69) is 20.6 Å². The molecule has 2 aromatic rings. The first-order chi connectivity index (χ1) is 12.1. The number of amides is 2. The summed E-state index contributed by atoms with van der Waals surface area (Å²) in [6.45, 7) is 2.74. The van der Waals surface area contributed by atoms with Gasteiger partial charge in [0, 0.05) is 45.1 Å². The van der Waals surface area contributed by atoms with E-state index in [1.165, 1.54) is 24.5 Å². The Balaban J connectivity index is 1.71. The van der Waals surface area contributed by atoms with Crippen LogP contribution in [0.4, 0.5) is 4.39 Å². The predicted molar refractivity (Wildman–Crippen MR) is 88.4 cm³/mol. The summed E-state index contributed by atoms with van der Waals surface area (Å²) in [5, 5.41) is 5.85. The molecule has 2 amide bonds. The molecule has 0 radical (unpaired) electrons. The van der Waals surface area contributed by atoms with Crippen molar-refractivity contribution in [1.29, 1.82) is 0 Å². The van der Waals surface area contributed by atoms with Crippen molar-refractivity contribution in [2.24, 2.45) is 0 Å². The number of benzene rings is 1. The number of hydrogen-bond acceptors (Lipinski definition) is 5. The van der Waals surface area contributed by atoms with Crippen LogP contribution in [0.25, 0.3) is 0 Å². The van der Waals surface area contributed by atoms with Gasteiger partial charge in [-0.3, -0.25) is 9.59 Å². The molecule has 0 spiro atoms. The molecule has 1 fully saturated rings. The summed E-state index contributed by atoms with van der Waals surface area (Å²) in [6, 6.07) is 5.81. The van der Waals surface area contributed by atoms with E-state index in [4.69, 9.17) is 0 Å². The summed E-state index contributed by atoms with van der Waals surface area (Å²) in [5.74, 6) is -1.13. The third-order valence-corrected chi connectivity index (χ3v) is 3.89. The van der Waals surface area contributed by atoms with Crippen LogP contribution in [-0.4, -0.2) is 52.9 Å². The molecule has 1 saturated heterocycles. The zero-order valence-corrected chi connectivity index (χ0v) is 13.5. The molecule has 0 unspecified atom stereocenters. The summed E-state index contributed by atoms with van der Waals surface area (Å²) in [5.41, 5.74) is 0.780. The molecule has 0 bridgehead atoms. The Hall–Kier alpha value is -2.87. The minimum absolute atomic E-state index is 0.00635. The van der Waals surface area contributed by atoms with Gasteiger partial charge in [-0.05, 0) is 17.7 Å². The monoisotopic (exact) mass is 343 g/mol. The second-order valence-electron chi connectivity index (χ2n) is 5.60. The highest BCUT2D eigenvalue weighted by atomic mass is 19.1. The fourth-order valence-electron chi connectivity index (χ4n) is 2.55. The van der Waals surface area contributed by atoms with Crippen LogP contribution in [0.3, 0.4) is 0 Å². The molecule has 0 saturated carbocycles. The number of carbonyl (C=O) groups is 2. The van der Waals surface area contributed by atoms with E-state index in [1.54, 1.807) is 17.0 Å². The van der Waals surface area contributed by atoms with Crippen LogP contribution in [-0.2, 0) is 6.54 Å². The number of halogens is 1. The summed E-state index contributed by atoms with van der Waals surface area (Å²) in [6.07, 6.45) is 2.77. The standard InChI is InChI=1S/C17H18FN5O2/c18-13-3-1-12(2-4-13)11-22-16(24)14-15(21-6-5-20-14)17(25)23-9-7-19-8-10-23/h1-6,19H,7-11H2,(H,22,24). The molecule has 1 aromatic heterocycles. The highest BCUT2D eigenvalue weighted by Crippen LogP contribution is 2.08. The Morgan fingerprint density at radius 3 is 2.40 bits per heavy atom. The third-order valence-electron chi connectivity index (χ3n) is 3.89. The van der Waals surface area contributed by atoms with Crippen molar-refractivity contribution in [1.82, 2.24) is 25.5 Å². The molecule has 130 valence electrons. The smallest absolute Gasteiger partial charge is 0.275 e. The molecule has 3 rings (SSSR count). The zero-order chi connectivity index (χ0) is 17.6. The van der Waals surface area contributed by atoms with E-state index in [0.717, 1.165) is 5.56 Å². The van der Waals surface area contributed by atoms with Crippen LogP contribution in [0, 0.1) is 5.82 Å². The number of rotatable bonds is 4. The van der Waals surface area contributed by atoms with Gasteiger partial charge in [-0.25, -0.2) is 14.4 Å². The average Bonchev–Trinajstić information content (AvgIpc) is 2.67. The lowest BCUT2D eigenvalue weighted by Crippen LogP contribution is -2.47. The van der Waals surface area contributed by atoms with Gasteiger partial charge in [-0.1, -0.05) is 12.1 Å². The largest absolute Gasteiger partial charge is 0.347 e. The normalized spacial score (nSPS) is 14.2. The van der Waals surface area contributed by atoms with Crippen molar-refractivity contribution < 1.29 is 14.0 Å². The summed E-state index contributed by atoms with van der Waals surface area (Å²) in [7, 11) is 0. The molecular formula is C17H18FN5O2. The van der Waals surface area contributed by atoms with Crippen LogP contribution in [0.1, 0.15) is 26.5 Å². The van der Waals surface area contributed by atoms with Gasteiger partial charge in [0.1, 0.15) is 5.82 Å². The Bertz CT molecular complexity index is 760. The number of aromatic nitrogens is 2. The molecule has 1 aromatic carbocycles. The molecule has 7 nitrogen and oxygen atoms in total. The molecule has 2 heterocycles. The summed E-state index contributed by atoms with van der Waals surface area (Å²) in [4.78, 5) is 34.8. The summed E-state index contributed by atoms with van der Waals surface area (Å²) < 4.78 is 12.9. The average molecular weight is 343 g/mol. The second kappa shape index (κ2) is 7.80. The molecule has 0 atom stereocenters. The van der Waals surface area contributed by atoms with Crippen molar-refractivity contribution in [3.8, 4) is 0 Å². The van der Waals surface area contributed by atoms with Crippen LogP contribution < -0.4 is 10.6 Å². The van der Waals surface area contributed by atoms with Crippen molar-refractivity contribution in [2.45, 2.75) is 6.54 Å². The lowest BCUT2D eigenvalue weighted by molar-refractivity contribution is 0.0722. The Morgan fingerprint density at radius 2 is 1.72 bits per heavy atom. The van der Waals surface area contributed by atoms with Crippen molar-refractivity contribution in [3.63, 3.8) is 0 Å². The highest BCUT2D eigenvalue weighted by Gasteiger charge is 2.25. The molecule has 0 aliphatic carbocycles. The van der Waals surface area contributed by atoms with Gasteiger partial charge < -0.3 is 15.5 Å². The van der Waals surface area contributed by atoms with E-state index in [0.29, 0.717) is 26.2 Å². The van der Waals surface area contributed by atoms with E-state index in [1.807, 2.05) is 0 Å². The number of carbonyl (C=O) groups excluding carboxylic acids is 2. The first-order valence-corrected chi connectivity index (χ1v) is 7.99. The maximum Gasteiger partial charge on any atom is 0.275 e. The van der Waals surface area contributed by atoms with E-state index < -0.39 is 5.91 Å². The van der Waals surface area contributed by atoms with Crippen molar-refractivity contribution in [2.75, 3.05) is 26.2 Å². The van der Waals surface area contributed by atoms with E-state index in [-0.39, 0.29) is 29.7 Å². The summed E-state index contributed by atoms with van der Waals surface area (Å²) >= 11 is 0. The maximum atomic E-state index is 12.9. The van der Waals surface area contributed by atoms with Gasteiger partial charge in [-0.2, -0.15) is 0 Å². The molecule has 2 N–H and O–H groups in total. The van der Waals surface area contributed by atoms with Gasteiger partial charge >= 0.3 is 0 Å². The third kappa shape index (κ3) is 4.16. The van der Waals surface area contributed by atoms with Crippen LogP contribution >= 0.6 is 0 Å². The molecular weight excluding hydrogens is 325 g/mol. The molecule has 1 aliphatic heterocycles. The van der Waals surface area contributed by atoms with Crippen LogP contribution in [0.15, 0.2) is 36.7 Å². The number of nitrogens with zero attached hydrogens (tertiary/aromatic N) is 3. The quantitative estimate of drug-likeness (QED) is 0.848. The van der Waals surface area contributed by atoms with E-state index >= 15 is 0 Å². The van der Waals surface area contributed by atoms with Gasteiger partial charge in [0.2, 0.25) is 0 Å². The predicted octanol–water partition coefficient (Wildman–Crippen LogP) is 0.591. The second-order valence-corrected chi connectivity index (χ2v) is 5.60. The number of hydrogen-bond donors (Lipinski definition) is 2. The van der Waals surface area contributed by atoms with Crippen LogP contribution in [0.5, 0.6) is 0 Å². The first kappa shape index (κ1) is 17.0. The molecule has 25 heavy (non-hydrogen) atoms. The number of piperazine rings is 1. The first-order valence-electron chi connectivity index (χ1n) is 7.99.